The molecule has 1 atom stereocenters. The Kier molecular flexibility index (Phi) is 5.09. The van der Waals surface area contributed by atoms with E-state index in [1.165, 1.54) is 6.07 Å². The molecule has 22 heavy (non-hydrogen) atoms. The van der Waals surface area contributed by atoms with Gasteiger partial charge in [0.15, 0.2) is 11.6 Å². The second-order valence-electron chi connectivity index (χ2n) is 4.96. The average molecular weight is 306 g/mol. The average Bonchev–Trinajstić information content (AvgIpc) is 2.48. The van der Waals surface area contributed by atoms with E-state index in [2.05, 4.69) is 0 Å². The van der Waals surface area contributed by atoms with Crippen LogP contribution in [0.15, 0.2) is 42.5 Å². The van der Waals surface area contributed by atoms with E-state index in [4.69, 9.17) is 4.74 Å². The molecule has 0 spiro atoms. The largest absolute Gasteiger partial charge is 0.493 e. The van der Waals surface area contributed by atoms with Crippen LogP contribution in [-0.4, -0.2) is 17.7 Å². The van der Waals surface area contributed by atoms with Gasteiger partial charge in [-0.25, -0.2) is 8.78 Å². The molecule has 0 aliphatic rings. The van der Waals surface area contributed by atoms with Crippen LogP contribution in [0.2, 0.25) is 0 Å². The molecule has 2 aromatic rings. The van der Waals surface area contributed by atoms with Crippen LogP contribution in [0.1, 0.15) is 23.5 Å². The number of hydrogen-bond acceptors (Lipinski definition) is 2. The predicted octanol–water partition coefficient (Wildman–Crippen LogP) is 3.91. The number of aliphatic carboxylic acids is 1. The minimum absolute atomic E-state index is 0.0936. The second-order valence-corrected chi connectivity index (χ2v) is 4.96. The molecule has 0 amide bonds. The summed E-state index contributed by atoms with van der Waals surface area (Å²) in [7, 11) is 0. The highest BCUT2D eigenvalue weighted by Crippen LogP contribution is 2.24. The molecule has 0 aromatic heterocycles. The Morgan fingerprint density at radius 1 is 1.18 bits per heavy atom. The molecule has 0 heterocycles. The molecule has 1 unspecified atom stereocenters. The fourth-order valence-corrected chi connectivity index (χ4v) is 2.25. The lowest BCUT2D eigenvalue weighted by molar-refractivity contribution is -0.139. The van der Waals surface area contributed by atoms with Crippen LogP contribution in [0.25, 0.3) is 0 Å². The molecule has 1 N–H and O–H groups in total. The summed E-state index contributed by atoms with van der Waals surface area (Å²) in [4.78, 5) is 11.4. The molecular formula is C17H16F2O3. The lowest BCUT2D eigenvalue weighted by atomic mass is 9.92. The van der Waals surface area contributed by atoms with Crippen molar-refractivity contribution in [1.82, 2.24) is 0 Å². The number of carboxylic acids is 1. The number of ether oxygens (including phenoxy) is 1. The van der Waals surface area contributed by atoms with Gasteiger partial charge in [-0.2, -0.15) is 0 Å². The summed E-state index contributed by atoms with van der Waals surface area (Å²) in [6, 6.07) is 10.5. The van der Waals surface area contributed by atoms with Gasteiger partial charge in [-0.1, -0.05) is 24.3 Å². The van der Waals surface area contributed by atoms with Crippen molar-refractivity contribution < 1.29 is 23.4 Å². The summed E-state index contributed by atoms with van der Waals surface area (Å²) >= 11 is 0. The third kappa shape index (κ3) is 3.81. The summed E-state index contributed by atoms with van der Waals surface area (Å²) in [5.74, 6) is -3.41. The quantitative estimate of drug-likeness (QED) is 0.880. The predicted molar refractivity (Wildman–Crippen MR) is 78.0 cm³/mol. The Hall–Kier alpha value is -2.43. The van der Waals surface area contributed by atoms with Gasteiger partial charge < -0.3 is 9.84 Å². The maximum Gasteiger partial charge on any atom is 0.311 e. The lowest BCUT2D eigenvalue weighted by Gasteiger charge is -2.15. The van der Waals surface area contributed by atoms with Crippen LogP contribution >= 0.6 is 0 Å². The highest BCUT2D eigenvalue weighted by molar-refractivity contribution is 5.76. The summed E-state index contributed by atoms with van der Waals surface area (Å²) in [6.07, 6.45) is 0.235. The smallest absolute Gasteiger partial charge is 0.311 e. The number of rotatable bonds is 6. The van der Waals surface area contributed by atoms with Crippen LogP contribution in [0, 0.1) is 18.6 Å². The van der Waals surface area contributed by atoms with E-state index in [1.807, 2.05) is 19.1 Å². The van der Waals surface area contributed by atoms with E-state index in [0.29, 0.717) is 0 Å². The molecule has 0 bridgehead atoms. The van der Waals surface area contributed by atoms with E-state index < -0.39 is 23.5 Å². The van der Waals surface area contributed by atoms with Crippen LogP contribution in [-0.2, 0) is 4.79 Å². The number of aryl methyl sites for hydroxylation is 1. The number of carboxylic acid groups (broad SMARTS) is 1. The molecule has 0 saturated heterocycles. The summed E-state index contributed by atoms with van der Waals surface area (Å²) in [5, 5.41) is 9.36. The topological polar surface area (TPSA) is 46.5 Å². The standard InChI is InChI=1S/C17H16F2O3/c1-11-4-2-3-5-13(11)14(17(20)21)8-9-22-12-6-7-15(18)16(19)10-12/h2-7,10,14H,8-9H2,1H3,(H,20,21). The second kappa shape index (κ2) is 7.02. The first-order valence-corrected chi connectivity index (χ1v) is 6.85. The molecule has 0 saturated carbocycles. The van der Waals surface area contributed by atoms with E-state index in [9.17, 15) is 18.7 Å². The first-order valence-electron chi connectivity index (χ1n) is 6.85. The molecule has 2 aromatic carbocycles. The molecule has 0 radical (unpaired) electrons. The number of hydrogen-bond donors (Lipinski definition) is 1. The van der Waals surface area contributed by atoms with Crippen LogP contribution < -0.4 is 4.74 Å². The van der Waals surface area contributed by atoms with Gasteiger partial charge in [0, 0.05) is 6.07 Å². The van der Waals surface area contributed by atoms with Crippen molar-refractivity contribution in [1.29, 1.82) is 0 Å². The van der Waals surface area contributed by atoms with Gasteiger partial charge in [-0.3, -0.25) is 4.79 Å². The molecule has 116 valence electrons. The van der Waals surface area contributed by atoms with E-state index in [-0.39, 0.29) is 18.8 Å². The Bertz CT molecular complexity index is 671. The van der Waals surface area contributed by atoms with Crippen molar-refractivity contribution in [2.75, 3.05) is 6.61 Å². The van der Waals surface area contributed by atoms with Gasteiger partial charge in [0.25, 0.3) is 0 Å². The minimum atomic E-state index is -0.994. The van der Waals surface area contributed by atoms with Gasteiger partial charge in [0.2, 0.25) is 0 Å². The minimum Gasteiger partial charge on any atom is -0.493 e. The van der Waals surface area contributed by atoms with Crippen molar-refractivity contribution in [3.8, 4) is 5.75 Å². The third-order valence-corrected chi connectivity index (χ3v) is 3.43. The lowest BCUT2D eigenvalue weighted by Crippen LogP contribution is -2.16. The normalized spacial score (nSPS) is 12.0. The van der Waals surface area contributed by atoms with Gasteiger partial charge in [-0.05, 0) is 36.6 Å². The van der Waals surface area contributed by atoms with E-state index in [1.54, 1.807) is 12.1 Å². The maximum absolute atomic E-state index is 13.1. The Balaban J connectivity index is 2.02. The molecule has 0 aliphatic carbocycles. The number of benzene rings is 2. The van der Waals surface area contributed by atoms with E-state index >= 15 is 0 Å². The van der Waals surface area contributed by atoms with Gasteiger partial charge in [0.05, 0.1) is 12.5 Å². The van der Waals surface area contributed by atoms with Gasteiger partial charge in [0.1, 0.15) is 5.75 Å². The highest BCUT2D eigenvalue weighted by Gasteiger charge is 2.21. The first-order chi connectivity index (χ1) is 10.5. The highest BCUT2D eigenvalue weighted by atomic mass is 19.2. The van der Waals surface area contributed by atoms with Crippen molar-refractivity contribution in [2.45, 2.75) is 19.3 Å². The molecule has 0 aliphatic heterocycles. The maximum atomic E-state index is 13.1. The SMILES string of the molecule is Cc1ccccc1C(CCOc1ccc(F)c(F)c1)C(=O)O. The summed E-state index contributed by atoms with van der Waals surface area (Å²) in [6.45, 7) is 1.94. The molecular weight excluding hydrogens is 290 g/mol. The van der Waals surface area contributed by atoms with Crippen molar-refractivity contribution in [2.24, 2.45) is 0 Å². The van der Waals surface area contributed by atoms with Crippen molar-refractivity contribution >= 4 is 5.97 Å². The van der Waals surface area contributed by atoms with Crippen LogP contribution in [0.4, 0.5) is 8.78 Å². The molecule has 0 fully saturated rings. The Labute approximate surface area is 127 Å². The van der Waals surface area contributed by atoms with Crippen LogP contribution in [0.5, 0.6) is 5.75 Å². The van der Waals surface area contributed by atoms with Crippen LogP contribution in [0.3, 0.4) is 0 Å². The monoisotopic (exact) mass is 306 g/mol. The number of halogens is 2. The molecule has 5 heteroatoms. The third-order valence-electron chi connectivity index (χ3n) is 3.43. The fraction of sp³-hybridized carbons (Fsp3) is 0.235. The first kappa shape index (κ1) is 15.9. The fourth-order valence-electron chi connectivity index (χ4n) is 2.25. The van der Waals surface area contributed by atoms with E-state index in [0.717, 1.165) is 23.3 Å². The zero-order valence-electron chi connectivity index (χ0n) is 12.1. The summed E-state index contributed by atoms with van der Waals surface area (Å²) in [5.41, 5.74) is 1.62. The number of carbonyl (C=O) groups is 1. The van der Waals surface area contributed by atoms with Crippen molar-refractivity contribution in [3.05, 3.63) is 65.2 Å². The molecule has 3 nitrogen and oxygen atoms in total. The van der Waals surface area contributed by atoms with Crippen molar-refractivity contribution in [3.63, 3.8) is 0 Å². The zero-order valence-corrected chi connectivity index (χ0v) is 12.1. The van der Waals surface area contributed by atoms with Gasteiger partial charge >= 0.3 is 5.97 Å². The summed E-state index contributed by atoms with van der Waals surface area (Å²) < 4.78 is 31.2. The molecule has 2 rings (SSSR count). The Morgan fingerprint density at radius 2 is 1.91 bits per heavy atom. The van der Waals surface area contributed by atoms with Gasteiger partial charge in [-0.15, -0.1) is 0 Å². The zero-order chi connectivity index (χ0) is 16.1. The Morgan fingerprint density at radius 3 is 2.55 bits per heavy atom.